The van der Waals surface area contributed by atoms with Gasteiger partial charge in [-0.3, -0.25) is 4.39 Å². The van der Waals surface area contributed by atoms with E-state index in [-0.39, 0.29) is 6.67 Å². The Morgan fingerprint density at radius 1 is 1.33 bits per heavy atom. The molecular weight excluding hydrogens is 191 g/mol. The van der Waals surface area contributed by atoms with Gasteiger partial charge in [-0.05, 0) is 18.6 Å². The summed E-state index contributed by atoms with van der Waals surface area (Å²) in [5, 5.41) is 0. The fourth-order valence-electron chi connectivity index (χ4n) is 1.86. The van der Waals surface area contributed by atoms with Gasteiger partial charge >= 0.3 is 0 Å². The van der Waals surface area contributed by atoms with Gasteiger partial charge in [0.05, 0.1) is 17.7 Å². The number of aromatic nitrogens is 2. The maximum Gasteiger partial charge on any atom is 0.109 e. The molecule has 0 fully saturated rings. The molecule has 15 heavy (non-hydrogen) atoms. The number of hydrogen-bond donors (Lipinski definition) is 0. The molecule has 2 aromatic rings. The second-order valence-electron chi connectivity index (χ2n) is 3.56. The lowest BCUT2D eigenvalue weighted by Gasteiger charge is -2.05. The number of halogens is 1. The summed E-state index contributed by atoms with van der Waals surface area (Å²) in [7, 11) is 0. The van der Waals surface area contributed by atoms with Crippen molar-refractivity contribution in [2.75, 3.05) is 6.67 Å². The molecule has 2 nitrogen and oxygen atoms in total. The number of benzene rings is 1. The van der Waals surface area contributed by atoms with Gasteiger partial charge in [0.25, 0.3) is 0 Å². The lowest BCUT2D eigenvalue weighted by atomic mass is 10.3. The van der Waals surface area contributed by atoms with Crippen LogP contribution in [0, 0.1) is 0 Å². The molecule has 0 saturated carbocycles. The zero-order valence-electron chi connectivity index (χ0n) is 8.91. The third-order valence-electron chi connectivity index (χ3n) is 2.57. The lowest BCUT2D eigenvalue weighted by Crippen LogP contribution is -2.03. The maximum absolute atomic E-state index is 12.2. The molecule has 0 unspecified atom stereocenters. The highest BCUT2D eigenvalue weighted by atomic mass is 19.1. The number of aryl methyl sites for hydroxylation is 2. The van der Waals surface area contributed by atoms with E-state index in [2.05, 4.69) is 16.5 Å². The van der Waals surface area contributed by atoms with Crippen LogP contribution in [0.1, 0.15) is 19.2 Å². The van der Waals surface area contributed by atoms with Crippen molar-refractivity contribution >= 4 is 11.0 Å². The van der Waals surface area contributed by atoms with Crippen molar-refractivity contribution in [3.63, 3.8) is 0 Å². The minimum Gasteiger partial charge on any atom is -0.328 e. The molecule has 1 aromatic heterocycles. The number of imidazole rings is 1. The first-order valence-corrected chi connectivity index (χ1v) is 5.37. The highest BCUT2D eigenvalue weighted by molar-refractivity contribution is 5.75. The Hall–Kier alpha value is -1.38. The summed E-state index contributed by atoms with van der Waals surface area (Å²) in [5.74, 6) is 1.05. The SMILES string of the molecule is CCc1nc2ccccc2n1CCCF. The molecule has 1 aromatic carbocycles. The predicted molar refractivity (Wildman–Crippen MR) is 59.7 cm³/mol. The molecule has 0 aliphatic carbocycles. The van der Waals surface area contributed by atoms with Gasteiger partial charge < -0.3 is 4.57 Å². The second-order valence-corrected chi connectivity index (χ2v) is 3.56. The Bertz CT molecular complexity index is 448. The second kappa shape index (κ2) is 4.43. The number of alkyl halides is 1. The van der Waals surface area contributed by atoms with Crippen LogP contribution in [0.4, 0.5) is 4.39 Å². The number of nitrogens with zero attached hydrogens (tertiary/aromatic N) is 2. The smallest absolute Gasteiger partial charge is 0.109 e. The van der Waals surface area contributed by atoms with E-state index >= 15 is 0 Å². The van der Waals surface area contributed by atoms with Crippen molar-refractivity contribution < 1.29 is 4.39 Å². The van der Waals surface area contributed by atoms with Crippen molar-refractivity contribution in [2.24, 2.45) is 0 Å². The van der Waals surface area contributed by atoms with Crippen molar-refractivity contribution in [2.45, 2.75) is 26.3 Å². The third-order valence-corrected chi connectivity index (χ3v) is 2.57. The Balaban J connectivity index is 2.47. The summed E-state index contributed by atoms with van der Waals surface area (Å²) in [5.41, 5.74) is 2.12. The molecule has 3 heteroatoms. The Morgan fingerprint density at radius 2 is 2.13 bits per heavy atom. The first-order valence-electron chi connectivity index (χ1n) is 5.37. The van der Waals surface area contributed by atoms with Gasteiger partial charge in [0.2, 0.25) is 0 Å². The van der Waals surface area contributed by atoms with Crippen molar-refractivity contribution in [1.82, 2.24) is 9.55 Å². The van der Waals surface area contributed by atoms with Crippen LogP contribution < -0.4 is 0 Å². The molecule has 0 amide bonds. The number of hydrogen-bond acceptors (Lipinski definition) is 1. The van der Waals surface area contributed by atoms with Crippen LogP contribution >= 0.6 is 0 Å². The molecule has 0 aliphatic rings. The van der Waals surface area contributed by atoms with Gasteiger partial charge in [-0.15, -0.1) is 0 Å². The zero-order chi connectivity index (χ0) is 10.7. The molecule has 1 heterocycles. The van der Waals surface area contributed by atoms with Gasteiger partial charge in [0.1, 0.15) is 5.82 Å². The molecule has 0 spiro atoms. The maximum atomic E-state index is 12.2. The van der Waals surface area contributed by atoms with Crippen LogP contribution in [0.5, 0.6) is 0 Å². The van der Waals surface area contributed by atoms with E-state index in [1.807, 2.05) is 24.3 Å². The average Bonchev–Trinajstić information content (AvgIpc) is 2.64. The van der Waals surface area contributed by atoms with Gasteiger partial charge in [-0.1, -0.05) is 19.1 Å². The first-order chi connectivity index (χ1) is 7.36. The van der Waals surface area contributed by atoms with Crippen LogP contribution in [0.25, 0.3) is 11.0 Å². The summed E-state index contributed by atoms with van der Waals surface area (Å²) in [6, 6.07) is 8.02. The molecule has 0 atom stereocenters. The third kappa shape index (κ3) is 1.87. The Morgan fingerprint density at radius 3 is 2.87 bits per heavy atom. The fourth-order valence-corrected chi connectivity index (χ4v) is 1.86. The summed E-state index contributed by atoms with van der Waals surface area (Å²) in [4.78, 5) is 4.52. The monoisotopic (exact) mass is 206 g/mol. The minimum atomic E-state index is -0.268. The van der Waals surface area contributed by atoms with E-state index in [1.54, 1.807) is 0 Å². The Kier molecular flexibility index (Phi) is 2.99. The van der Waals surface area contributed by atoms with Gasteiger partial charge in [-0.2, -0.15) is 0 Å². The summed E-state index contributed by atoms with van der Waals surface area (Å²) in [6.07, 6.45) is 1.45. The van der Waals surface area contributed by atoms with E-state index in [9.17, 15) is 4.39 Å². The van der Waals surface area contributed by atoms with Crippen LogP contribution in [-0.4, -0.2) is 16.2 Å². The van der Waals surface area contributed by atoms with E-state index in [0.29, 0.717) is 6.42 Å². The first kappa shape index (κ1) is 10.1. The number of para-hydroxylation sites is 2. The molecule has 80 valence electrons. The lowest BCUT2D eigenvalue weighted by molar-refractivity contribution is 0.446. The van der Waals surface area contributed by atoms with Gasteiger partial charge in [0.15, 0.2) is 0 Å². The van der Waals surface area contributed by atoms with Gasteiger partial charge in [-0.25, -0.2) is 4.98 Å². The molecule has 0 saturated heterocycles. The Labute approximate surface area is 88.7 Å². The topological polar surface area (TPSA) is 17.8 Å². The minimum absolute atomic E-state index is 0.268. The molecular formula is C12H15FN2. The summed E-state index contributed by atoms with van der Waals surface area (Å²) < 4.78 is 14.3. The average molecular weight is 206 g/mol. The molecule has 2 rings (SSSR count). The van der Waals surface area contributed by atoms with Crippen molar-refractivity contribution in [1.29, 1.82) is 0 Å². The molecule has 0 bridgehead atoms. The van der Waals surface area contributed by atoms with Crippen molar-refractivity contribution in [3.05, 3.63) is 30.1 Å². The number of rotatable bonds is 4. The van der Waals surface area contributed by atoms with Crippen LogP contribution in [0.15, 0.2) is 24.3 Å². The van der Waals surface area contributed by atoms with Gasteiger partial charge in [0, 0.05) is 13.0 Å². The summed E-state index contributed by atoms with van der Waals surface area (Å²) in [6.45, 7) is 2.53. The van der Waals surface area contributed by atoms with Crippen LogP contribution in [-0.2, 0) is 13.0 Å². The van der Waals surface area contributed by atoms with E-state index in [4.69, 9.17) is 0 Å². The summed E-state index contributed by atoms with van der Waals surface area (Å²) >= 11 is 0. The molecule has 0 radical (unpaired) electrons. The van der Waals surface area contributed by atoms with Crippen LogP contribution in [0.3, 0.4) is 0 Å². The molecule has 0 N–H and O–H groups in total. The largest absolute Gasteiger partial charge is 0.328 e. The normalized spacial score (nSPS) is 11.1. The van der Waals surface area contributed by atoms with E-state index < -0.39 is 0 Å². The van der Waals surface area contributed by atoms with Crippen molar-refractivity contribution in [3.8, 4) is 0 Å². The van der Waals surface area contributed by atoms with Crippen LogP contribution in [0.2, 0.25) is 0 Å². The fraction of sp³-hybridized carbons (Fsp3) is 0.417. The standard InChI is InChI=1S/C12H15FN2/c1-2-12-14-10-6-3-4-7-11(10)15(12)9-5-8-13/h3-4,6-7H,2,5,8-9H2,1H3. The predicted octanol–water partition coefficient (Wildman–Crippen LogP) is 2.96. The van der Waals surface area contributed by atoms with E-state index in [1.165, 1.54) is 0 Å². The number of fused-ring (bicyclic) bond motifs is 1. The quantitative estimate of drug-likeness (QED) is 0.752. The molecule has 0 aliphatic heterocycles. The van der Waals surface area contributed by atoms with E-state index in [0.717, 1.165) is 29.8 Å². The highest BCUT2D eigenvalue weighted by Crippen LogP contribution is 2.16. The zero-order valence-corrected chi connectivity index (χ0v) is 8.91. The highest BCUT2D eigenvalue weighted by Gasteiger charge is 2.07.